The molecule has 0 fully saturated rings. The lowest BCUT2D eigenvalue weighted by atomic mass is 9.94. The van der Waals surface area contributed by atoms with Crippen LogP contribution in [0.1, 0.15) is 0 Å². The number of benzene rings is 9. The molecule has 10 rings (SSSR count). The van der Waals surface area contributed by atoms with Crippen molar-refractivity contribution in [1.82, 2.24) is 4.98 Å². The van der Waals surface area contributed by atoms with E-state index < -0.39 is 0 Å². The van der Waals surface area contributed by atoms with Crippen LogP contribution in [0.4, 0.5) is 17.1 Å². The first-order valence-corrected chi connectivity index (χ1v) is 17.6. The number of nitrogens with zero attached hydrogens (tertiary/aromatic N) is 2. The Morgan fingerprint density at radius 3 is 1.46 bits per heavy atom. The maximum Gasteiger partial charge on any atom is 0.227 e. The molecule has 0 aliphatic carbocycles. The highest BCUT2D eigenvalue weighted by Crippen LogP contribution is 2.44. The van der Waals surface area contributed by atoms with Gasteiger partial charge < -0.3 is 9.32 Å². The molecule has 244 valence electrons. The van der Waals surface area contributed by atoms with Crippen LogP contribution in [-0.4, -0.2) is 4.98 Å². The second-order valence-electron chi connectivity index (χ2n) is 13.2. The van der Waals surface area contributed by atoms with Gasteiger partial charge in [0.05, 0.1) is 5.69 Å². The standard InChI is InChI=1S/C49H32N2O/c1-4-11-33(12-5-1)35-21-27-40(28-22-35)51(41-29-23-36(24-30-41)34-13-6-2-7-14-34)45-18-10-17-43-42(45)31-25-37-19-20-38-26-32-44-48(47(38)46(37)43)52-49(50-44)39-15-8-3-9-16-39/h1-32H. The summed E-state index contributed by atoms with van der Waals surface area (Å²) in [6.07, 6.45) is 0. The molecule has 0 unspecified atom stereocenters. The number of aromatic nitrogens is 1. The molecule has 0 atom stereocenters. The van der Waals surface area contributed by atoms with Gasteiger partial charge in [-0.3, -0.25) is 0 Å². The van der Waals surface area contributed by atoms with Gasteiger partial charge in [0.1, 0.15) is 5.52 Å². The van der Waals surface area contributed by atoms with E-state index in [0.29, 0.717) is 5.89 Å². The Hall–Kier alpha value is -6.97. The molecule has 52 heavy (non-hydrogen) atoms. The molecule has 1 heterocycles. The van der Waals surface area contributed by atoms with E-state index in [9.17, 15) is 0 Å². The fourth-order valence-corrected chi connectivity index (χ4v) is 7.55. The number of hydrogen-bond acceptors (Lipinski definition) is 3. The van der Waals surface area contributed by atoms with Crippen molar-refractivity contribution in [3.63, 3.8) is 0 Å². The van der Waals surface area contributed by atoms with E-state index in [1.807, 2.05) is 30.3 Å². The highest BCUT2D eigenvalue weighted by Gasteiger charge is 2.19. The van der Waals surface area contributed by atoms with Crippen LogP contribution in [0, 0.1) is 0 Å². The zero-order chi connectivity index (χ0) is 34.4. The Morgan fingerprint density at radius 1 is 0.365 bits per heavy atom. The lowest BCUT2D eigenvalue weighted by Gasteiger charge is -2.27. The van der Waals surface area contributed by atoms with Crippen LogP contribution in [0.5, 0.6) is 0 Å². The third-order valence-electron chi connectivity index (χ3n) is 10.1. The number of fused-ring (bicyclic) bond motifs is 7. The molecule has 0 aliphatic heterocycles. The largest absolute Gasteiger partial charge is 0.435 e. The van der Waals surface area contributed by atoms with Crippen molar-refractivity contribution in [3.05, 3.63) is 194 Å². The topological polar surface area (TPSA) is 29.3 Å². The molecule has 1 aromatic heterocycles. The summed E-state index contributed by atoms with van der Waals surface area (Å²) in [6.45, 7) is 0. The van der Waals surface area contributed by atoms with E-state index in [0.717, 1.165) is 66.0 Å². The Bertz CT molecular complexity index is 2780. The maximum absolute atomic E-state index is 6.61. The van der Waals surface area contributed by atoms with Gasteiger partial charge >= 0.3 is 0 Å². The van der Waals surface area contributed by atoms with Gasteiger partial charge in [-0.15, -0.1) is 0 Å². The van der Waals surface area contributed by atoms with Crippen molar-refractivity contribution < 1.29 is 4.42 Å². The minimum absolute atomic E-state index is 0.630. The van der Waals surface area contributed by atoms with E-state index in [-0.39, 0.29) is 0 Å². The lowest BCUT2D eigenvalue weighted by Crippen LogP contribution is -2.10. The van der Waals surface area contributed by atoms with Gasteiger partial charge in [0.15, 0.2) is 5.58 Å². The van der Waals surface area contributed by atoms with Gasteiger partial charge in [-0.1, -0.05) is 146 Å². The quantitative estimate of drug-likeness (QED) is 0.166. The summed E-state index contributed by atoms with van der Waals surface area (Å²) in [5.74, 6) is 0.630. The molecular formula is C49H32N2O. The molecule has 0 saturated carbocycles. The summed E-state index contributed by atoms with van der Waals surface area (Å²) in [5, 5.41) is 6.85. The summed E-state index contributed by atoms with van der Waals surface area (Å²) < 4.78 is 6.61. The molecule has 0 radical (unpaired) electrons. The smallest absolute Gasteiger partial charge is 0.227 e. The number of oxazole rings is 1. The summed E-state index contributed by atoms with van der Waals surface area (Å²) >= 11 is 0. The first kappa shape index (κ1) is 29.9. The summed E-state index contributed by atoms with van der Waals surface area (Å²) in [6, 6.07) is 68.8. The van der Waals surface area contributed by atoms with E-state index >= 15 is 0 Å². The number of anilines is 3. The molecule has 10 aromatic rings. The predicted molar refractivity (Wildman–Crippen MR) is 218 cm³/mol. The van der Waals surface area contributed by atoms with Crippen molar-refractivity contribution >= 4 is 60.5 Å². The molecule has 9 aromatic carbocycles. The Balaban J connectivity index is 1.19. The van der Waals surface area contributed by atoms with E-state index in [1.54, 1.807) is 0 Å². The molecule has 0 saturated heterocycles. The van der Waals surface area contributed by atoms with Crippen LogP contribution in [0.25, 0.3) is 77.1 Å². The van der Waals surface area contributed by atoms with Crippen molar-refractivity contribution in [2.75, 3.05) is 4.90 Å². The maximum atomic E-state index is 6.61. The monoisotopic (exact) mass is 664 g/mol. The highest BCUT2D eigenvalue weighted by atomic mass is 16.3. The second kappa shape index (κ2) is 12.4. The molecular weight excluding hydrogens is 633 g/mol. The van der Waals surface area contributed by atoms with Crippen molar-refractivity contribution in [2.24, 2.45) is 0 Å². The minimum Gasteiger partial charge on any atom is -0.435 e. The van der Waals surface area contributed by atoms with Crippen molar-refractivity contribution in [1.29, 1.82) is 0 Å². The van der Waals surface area contributed by atoms with Gasteiger partial charge in [0.2, 0.25) is 5.89 Å². The first-order valence-electron chi connectivity index (χ1n) is 17.6. The average molecular weight is 665 g/mol. The van der Waals surface area contributed by atoms with E-state index in [4.69, 9.17) is 9.40 Å². The SMILES string of the molecule is c1ccc(-c2ccc(N(c3ccc(-c4ccccc4)cc3)c3cccc4c3ccc3ccc5ccc6nc(-c7ccccc7)oc6c5c34)cc2)cc1. The Kier molecular flexibility index (Phi) is 7.14. The van der Waals surface area contributed by atoms with Crippen LogP contribution >= 0.6 is 0 Å². The summed E-state index contributed by atoms with van der Waals surface area (Å²) in [5.41, 5.74) is 10.7. The predicted octanol–water partition coefficient (Wildman–Crippen LogP) is 13.8. The fourth-order valence-electron chi connectivity index (χ4n) is 7.55. The van der Waals surface area contributed by atoms with E-state index in [1.165, 1.54) is 22.3 Å². The molecule has 0 aliphatic rings. The number of hydrogen-bond donors (Lipinski definition) is 0. The zero-order valence-corrected chi connectivity index (χ0v) is 28.3. The second-order valence-corrected chi connectivity index (χ2v) is 13.2. The minimum atomic E-state index is 0.630. The summed E-state index contributed by atoms with van der Waals surface area (Å²) in [4.78, 5) is 7.30. The Labute approximate surface area is 301 Å². The Morgan fingerprint density at radius 2 is 0.865 bits per heavy atom. The summed E-state index contributed by atoms with van der Waals surface area (Å²) in [7, 11) is 0. The van der Waals surface area contributed by atoms with Gasteiger partial charge in [-0.05, 0) is 86.9 Å². The molecule has 3 nitrogen and oxygen atoms in total. The van der Waals surface area contributed by atoms with Gasteiger partial charge in [0.25, 0.3) is 0 Å². The van der Waals surface area contributed by atoms with Gasteiger partial charge in [-0.2, -0.15) is 0 Å². The normalized spacial score (nSPS) is 11.5. The van der Waals surface area contributed by atoms with Gasteiger partial charge in [0, 0.05) is 33.1 Å². The zero-order valence-electron chi connectivity index (χ0n) is 28.3. The number of rotatable bonds is 6. The average Bonchev–Trinajstić information content (AvgIpc) is 3.67. The first-order chi connectivity index (χ1) is 25.8. The molecule has 0 bridgehead atoms. The van der Waals surface area contributed by atoms with E-state index in [2.05, 4.69) is 169 Å². The molecule has 0 N–H and O–H groups in total. The van der Waals surface area contributed by atoms with Crippen molar-refractivity contribution in [2.45, 2.75) is 0 Å². The van der Waals surface area contributed by atoms with Crippen LogP contribution in [-0.2, 0) is 0 Å². The molecule has 0 amide bonds. The highest BCUT2D eigenvalue weighted by molar-refractivity contribution is 6.27. The molecule has 3 heteroatoms. The fraction of sp³-hybridized carbons (Fsp3) is 0. The molecule has 0 spiro atoms. The van der Waals surface area contributed by atoms with Crippen LogP contribution in [0.2, 0.25) is 0 Å². The van der Waals surface area contributed by atoms with Crippen LogP contribution in [0.3, 0.4) is 0 Å². The third-order valence-corrected chi connectivity index (χ3v) is 10.1. The van der Waals surface area contributed by atoms with Crippen LogP contribution in [0.15, 0.2) is 199 Å². The third kappa shape index (κ3) is 5.10. The van der Waals surface area contributed by atoms with Crippen molar-refractivity contribution in [3.8, 4) is 33.7 Å². The van der Waals surface area contributed by atoms with Crippen LogP contribution < -0.4 is 4.90 Å². The van der Waals surface area contributed by atoms with Gasteiger partial charge in [-0.25, -0.2) is 4.98 Å². The lowest BCUT2D eigenvalue weighted by molar-refractivity contribution is 0.623.